The van der Waals surface area contributed by atoms with Gasteiger partial charge in [0.2, 0.25) is 15.9 Å². The van der Waals surface area contributed by atoms with Gasteiger partial charge in [-0.25, -0.2) is 8.42 Å². The highest BCUT2D eigenvalue weighted by Gasteiger charge is 2.30. The van der Waals surface area contributed by atoms with Crippen LogP contribution in [0.3, 0.4) is 0 Å². The number of hydrogen-bond acceptors (Lipinski definition) is 5. The van der Waals surface area contributed by atoms with Crippen molar-refractivity contribution in [3.8, 4) is 11.5 Å². The Balaban J connectivity index is 2.40. The molecular weight excluding hydrogens is 404 g/mol. The van der Waals surface area contributed by atoms with Crippen LogP contribution in [-0.2, 0) is 21.4 Å². The monoisotopic (exact) mass is 434 g/mol. The summed E-state index contributed by atoms with van der Waals surface area (Å²) in [6.45, 7) is 6.15. The Bertz CT molecular complexity index is 953. The van der Waals surface area contributed by atoms with Gasteiger partial charge in [0.15, 0.2) is 0 Å². The molecule has 0 aromatic heterocycles. The van der Waals surface area contributed by atoms with Gasteiger partial charge in [-0.2, -0.15) is 4.31 Å². The maximum Gasteiger partial charge on any atom is 0.247 e. The van der Waals surface area contributed by atoms with Gasteiger partial charge in [-0.1, -0.05) is 51.1 Å². The summed E-state index contributed by atoms with van der Waals surface area (Å²) in [4.78, 5) is 12.5. The molecule has 164 valence electrons. The first-order valence-electron chi connectivity index (χ1n) is 9.59. The van der Waals surface area contributed by atoms with Crippen LogP contribution in [-0.4, -0.2) is 45.9 Å². The summed E-state index contributed by atoms with van der Waals surface area (Å²) in [5, 5.41) is 2.81. The third-order valence-electron chi connectivity index (χ3n) is 4.33. The highest BCUT2D eigenvalue weighted by Crippen LogP contribution is 2.31. The number of rotatable bonds is 9. The first kappa shape index (κ1) is 23.7. The molecule has 0 atom stereocenters. The van der Waals surface area contributed by atoms with Gasteiger partial charge in [0.25, 0.3) is 0 Å². The van der Waals surface area contributed by atoms with Crippen LogP contribution in [0.2, 0.25) is 0 Å². The van der Waals surface area contributed by atoms with Crippen molar-refractivity contribution >= 4 is 15.9 Å². The Morgan fingerprint density at radius 3 is 2.27 bits per heavy atom. The summed E-state index contributed by atoms with van der Waals surface area (Å²) in [5.41, 5.74) is 0.654. The number of nitrogens with one attached hydrogen (secondary N) is 1. The molecule has 2 aromatic rings. The van der Waals surface area contributed by atoms with E-state index < -0.39 is 10.0 Å². The molecule has 0 fully saturated rings. The van der Waals surface area contributed by atoms with Crippen molar-refractivity contribution in [1.29, 1.82) is 0 Å². The van der Waals surface area contributed by atoms with Crippen molar-refractivity contribution in [1.82, 2.24) is 9.62 Å². The van der Waals surface area contributed by atoms with Crippen molar-refractivity contribution < 1.29 is 22.7 Å². The van der Waals surface area contributed by atoms with Gasteiger partial charge in [0.05, 0.1) is 20.8 Å². The minimum Gasteiger partial charge on any atom is -0.497 e. The van der Waals surface area contributed by atoms with Crippen LogP contribution in [0.25, 0.3) is 0 Å². The second kappa shape index (κ2) is 9.95. The second-order valence-corrected chi connectivity index (χ2v) is 10.0. The molecule has 7 nitrogen and oxygen atoms in total. The van der Waals surface area contributed by atoms with Crippen LogP contribution >= 0.6 is 0 Å². The van der Waals surface area contributed by atoms with Gasteiger partial charge in [-0.3, -0.25) is 4.79 Å². The average Bonchev–Trinajstić information content (AvgIpc) is 2.71. The zero-order valence-corrected chi connectivity index (χ0v) is 19.0. The quantitative estimate of drug-likeness (QED) is 0.656. The second-order valence-electron chi connectivity index (χ2n) is 8.11. The Morgan fingerprint density at radius 1 is 1.03 bits per heavy atom. The molecule has 0 saturated carbocycles. The largest absolute Gasteiger partial charge is 0.497 e. The molecular formula is C22H30N2O5S. The number of benzene rings is 2. The number of carbonyl (C=O) groups excluding carboxylic acids is 1. The standard InChI is InChI=1S/C22H30N2O5S/c1-22(2,3)16-23-21(25)15-24(14-17-9-7-6-8-10-17)30(26,27)20-13-18(28-4)11-12-19(20)29-5/h6-13H,14-16H2,1-5H3,(H,23,25). The highest BCUT2D eigenvalue weighted by molar-refractivity contribution is 7.89. The Morgan fingerprint density at radius 2 is 1.70 bits per heavy atom. The van der Waals surface area contributed by atoms with E-state index in [0.29, 0.717) is 12.3 Å². The van der Waals surface area contributed by atoms with E-state index in [1.165, 1.54) is 26.4 Å². The maximum atomic E-state index is 13.5. The SMILES string of the molecule is COc1ccc(OC)c(S(=O)(=O)N(CC(=O)NCC(C)(C)C)Cc2ccccc2)c1. The third-order valence-corrected chi connectivity index (χ3v) is 6.14. The summed E-state index contributed by atoms with van der Waals surface area (Å²) < 4.78 is 38.7. The number of methoxy groups -OCH3 is 2. The van der Waals surface area contributed by atoms with Crippen molar-refractivity contribution in [2.45, 2.75) is 32.2 Å². The van der Waals surface area contributed by atoms with E-state index in [2.05, 4.69) is 5.32 Å². The molecule has 1 amide bonds. The number of hydrogen-bond donors (Lipinski definition) is 1. The summed E-state index contributed by atoms with van der Waals surface area (Å²) in [7, 11) is -1.20. The number of nitrogens with zero attached hydrogens (tertiary/aromatic N) is 1. The first-order valence-corrected chi connectivity index (χ1v) is 11.0. The summed E-state index contributed by atoms with van der Waals surface area (Å²) in [5.74, 6) is 0.196. The molecule has 0 radical (unpaired) electrons. The van der Waals surface area contributed by atoms with Gasteiger partial charge < -0.3 is 14.8 Å². The minimum absolute atomic E-state index is 0.0481. The highest BCUT2D eigenvalue weighted by atomic mass is 32.2. The predicted octanol–water partition coefficient (Wildman–Crippen LogP) is 3.06. The molecule has 1 N–H and O–H groups in total. The zero-order chi connectivity index (χ0) is 22.4. The van der Waals surface area contributed by atoms with E-state index in [-0.39, 0.29) is 35.1 Å². The fourth-order valence-corrected chi connectivity index (χ4v) is 4.27. The fourth-order valence-electron chi connectivity index (χ4n) is 2.72. The third kappa shape index (κ3) is 6.47. The van der Waals surface area contributed by atoms with Crippen LogP contribution in [0.5, 0.6) is 11.5 Å². The van der Waals surface area contributed by atoms with Crippen LogP contribution in [0.1, 0.15) is 26.3 Å². The molecule has 0 heterocycles. The van der Waals surface area contributed by atoms with Gasteiger partial charge in [-0.05, 0) is 23.1 Å². The smallest absolute Gasteiger partial charge is 0.247 e. The van der Waals surface area contributed by atoms with E-state index in [1.54, 1.807) is 6.07 Å². The average molecular weight is 435 g/mol. The van der Waals surface area contributed by atoms with Crippen LogP contribution < -0.4 is 14.8 Å². The molecule has 2 rings (SSSR count). The number of ether oxygens (including phenoxy) is 2. The lowest BCUT2D eigenvalue weighted by Crippen LogP contribution is -2.42. The van der Waals surface area contributed by atoms with E-state index in [0.717, 1.165) is 9.87 Å². The molecule has 0 aliphatic carbocycles. The molecule has 0 bridgehead atoms. The number of carbonyl (C=O) groups is 1. The molecule has 0 aliphatic rings. The maximum absolute atomic E-state index is 13.5. The number of amides is 1. The molecule has 0 aliphatic heterocycles. The zero-order valence-electron chi connectivity index (χ0n) is 18.1. The van der Waals surface area contributed by atoms with Crippen LogP contribution in [0.4, 0.5) is 0 Å². The van der Waals surface area contributed by atoms with E-state index in [9.17, 15) is 13.2 Å². The van der Waals surface area contributed by atoms with Crippen molar-refractivity contribution in [2.24, 2.45) is 5.41 Å². The van der Waals surface area contributed by atoms with E-state index in [1.807, 2.05) is 51.1 Å². The molecule has 8 heteroatoms. The Labute approximate surface area is 179 Å². The minimum atomic E-state index is -4.06. The van der Waals surface area contributed by atoms with Crippen molar-refractivity contribution in [2.75, 3.05) is 27.3 Å². The van der Waals surface area contributed by atoms with Crippen LogP contribution in [0, 0.1) is 5.41 Å². The van der Waals surface area contributed by atoms with Gasteiger partial charge >= 0.3 is 0 Å². The normalized spacial score (nSPS) is 11.9. The van der Waals surface area contributed by atoms with Gasteiger partial charge in [-0.15, -0.1) is 0 Å². The summed E-state index contributed by atoms with van der Waals surface area (Å²) >= 11 is 0. The van der Waals surface area contributed by atoms with Gasteiger partial charge in [0.1, 0.15) is 16.4 Å². The summed E-state index contributed by atoms with van der Waals surface area (Å²) in [6, 6.07) is 13.7. The topological polar surface area (TPSA) is 84.9 Å². The predicted molar refractivity (Wildman–Crippen MR) is 116 cm³/mol. The fraction of sp³-hybridized carbons (Fsp3) is 0.409. The van der Waals surface area contributed by atoms with E-state index in [4.69, 9.17) is 9.47 Å². The van der Waals surface area contributed by atoms with Crippen molar-refractivity contribution in [3.63, 3.8) is 0 Å². The molecule has 30 heavy (non-hydrogen) atoms. The first-order chi connectivity index (χ1) is 14.1. The molecule has 0 spiro atoms. The lowest BCUT2D eigenvalue weighted by molar-refractivity contribution is -0.121. The lowest BCUT2D eigenvalue weighted by Gasteiger charge is -2.24. The van der Waals surface area contributed by atoms with E-state index >= 15 is 0 Å². The Kier molecular flexibility index (Phi) is 7.86. The lowest BCUT2D eigenvalue weighted by atomic mass is 9.97. The van der Waals surface area contributed by atoms with Gasteiger partial charge in [0, 0.05) is 19.2 Å². The number of sulfonamides is 1. The summed E-state index contributed by atoms with van der Waals surface area (Å²) in [6.07, 6.45) is 0. The van der Waals surface area contributed by atoms with Crippen molar-refractivity contribution in [3.05, 3.63) is 54.1 Å². The Hall–Kier alpha value is -2.58. The molecule has 0 saturated heterocycles. The van der Waals surface area contributed by atoms with Crippen LogP contribution in [0.15, 0.2) is 53.4 Å². The molecule has 0 unspecified atom stereocenters. The molecule has 2 aromatic carbocycles.